The summed E-state index contributed by atoms with van der Waals surface area (Å²) in [4.78, 5) is 18.1. The third kappa shape index (κ3) is 3.42. The zero-order valence-electron chi connectivity index (χ0n) is 10.3. The first kappa shape index (κ1) is 14.7. The second-order valence-electron chi connectivity index (χ2n) is 3.73. The number of aromatic nitrogens is 2. The molecule has 0 saturated heterocycles. The summed E-state index contributed by atoms with van der Waals surface area (Å²) in [5, 5.41) is 22.4. The van der Waals surface area contributed by atoms with Crippen molar-refractivity contribution in [2.45, 2.75) is 0 Å². The normalized spacial score (nSPS) is 11.2. The van der Waals surface area contributed by atoms with E-state index in [4.69, 9.17) is 15.7 Å². The summed E-state index contributed by atoms with van der Waals surface area (Å²) in [7, 11) is 0. The number of nitrogens with zero attached hydrogens (tertiary/aromatic N) is 4. The van der Waals surface area contributed by atoms with Gasteiger partial charge in [-0.2, -0.15) is 0 Å². The van der Waals surface area contributed by atoms with Gasteiger partial charge in [-0.1, -0.05) is 5.16 Å². The highest BCUT2D eigenvalue weighted by Crippen LogP contribution is 2.30. The van der Waals surface area contributed by atoms with Crippen LogP contribution in [0.25, 0.3) is 0 Å². The van der Waals surface area contributed by atoms with Gasteiger partial charge in [0.1, 0.15) is 5.75 Å². The average Bonchev–Trinajstić information content (AvgIpc) is 2.46. The Morgan fingerprint density at radius 1 is 1.43 bits per heavy atom. The van der Waals surface area contributed by atoms with Gasteiger partial charge in [0.05, 0.1) is 11.1 Å². The predicted molar refractivity (Wildman–Crippen MR) is 75.4 cm³/mol. The number of rotatable bonds is 4. The minimum absolute atomic E-state index is 0.101. The van der Waals surface area contributed by atoms with Crippen LogP contribution in [0.4, 0.5) is 5.69 Å². The molecule has 0 aliphatic rings. The van der Waals surface area contributed by atoms with E-state index >= 15 is 0 Å². The Bertz CT molecular complexity index is 722. The van der Waals surface area contributed by atoms with Gasteiger partial charge in [-0.05, 0) is 22.0 Å². The van der Waals surface area contributed by atoms with Gasteiger partial charge in [-0.25, -0.2) is 4.98 Å². The van der Waals surface area contributed by atoms with Crippen LogP contribution >= 0.6 is 15.9 Å². The van der Waals surface area contributed by atoms with Crippen LogP contribution in [-0.4, -0.2) is 25.9 Å². The molecule has 0 bridgehead atoms. The Morgan fingerprint density at radius 3 is 2.81 bits per heavy atom. The van der Waals surface area contributed by atoms with Crippen LogP contribution < -0.4 is 10.5 Å². The van der Waals surface area contributed by atoms with E-state index in [2.05, 4.69) is 31.1 Å². The molecule has 2 aromatic rings. The third-order valence-electron chi connectivity index (χ3n) is 2.33. The molecule has 0 amide bonds. The van der Waals surface area contributed by atoms with Crippen molar-refractivity contribution < 1.29 is 14.9 Å². The van der Waals surface area contributed by atoms with E-state index < -0.39 is 10.6 Å². The van der Waals surface area contributed by atoms with Crippen LogP contribution in [-0.2, 0) is 0 Å². The van der Waals surface area contributed by atoms with Crippen LogP contribution in [0.3, 0.4) is 0 Å². The highest BCUT2D eigenvalue weighted by Gasteiger charge is 2.20. The van der Waals surface area contributed by atoms with Crippen molar-refractivity contribution in [1.29, 1.82) is 0 Å². The van der Waals surface area contributed by atoms with Gasteiger partial charge in [-0.3, -0.25) is 15.1 Å². The monoisotopic (exact) mass is 353 g/mol. The number of nitro groups is 1. The van der Waals surface area contributed by atoms with Crippen LogP contribution in [0.1, 0.15) is 5.56 Å². The fraction of sp³-hybridized carbons (Fsp3) is 0. The number of hydrogen-bond donors (Lipinski definition) is 2. The van der Waals surface area contributed by atoms with Crippen molar-refractivity contribution in [3.05, 3.63) is 50.9 Å². The fourth-order valence-corrected chi connectivity index (χ4v) is 1.75. The van der Waals surface area contributed by atoms with Crippen molar-refractivity contribution in [2.24, 2.45) is 10.9 Å². The van der Waals surface area contributed by atoms with Crippen molar-refractivity contribution >= 4 is 27.5 Å². The average molecular weight is 354 g/mol. The van der Waals surface area contributed by atoms with Gasteiger partial charge in [0, 0.05) is 28.5 Å². The second kappa shape index (κ2) is 6.13. The highest BCUT2D eigenvalue weighted by molar-refractivity contribution is 9.10. The fourth-order valence-electron chi connectivity index (χ4n) is 1.41. The van der Waals surface area contributed by atoms with Crippen molar-refractivity contribution in [1.82, 2.24) is 9.97 Å². The summed E-state index contributed by atoms with van der Waals surface area (Å²) < 4.78 is 5.98. The SMILES string of the molecule is N/C(=N/O)c1cnc(Oc2cncc(Br)c2)c([N+](=O)[O-])c1. The molecule has 10 heteroatoms. The Labute approximate surface area is 126 Å². The minimum atomic E-state index is -0.679. The van der Waals surface area contributed by atoms with E-state index in [1.165, 1.54) is 18.6 Å². The molecular weight excluding hydrogens is 346 g/mol. The molecule has 0 aliphatic carbocycles. The van der Waals surface area contributed by atoms with Gasteiger partial charge in [0.25, 0.3) is 5.88 Å². The Hall–Kier alpha value is -2.75. The standard InChI is InChI=1S/C11H8BrN5O4/c12-7-2-8(5-14-4-7)21-11-9(17(19)20)1-6(3-15-11)10(13)16-18/h1-5,18H,(H2,13,16). The summed E-state index contributed by atoms with van der Waals surface area (Å²) in [5.74, 6) is -0.243. The van der Waals surface area contributed by atoms with Crippen LogP contribution in [0.5, 0.6) is 11.6 Å². The molecule has 0 aliphatic heterocycles. The minimum Gasteiger partial charge on any atom is -0.432 e. The first-order chi connectivity index (χ1) is 10.0. The van der Waals surface area contributed by atoms with E-state index in [1.807, 2.05) is 0 Å². The summed E-state index contributed by atoms with van der Waals surface area (Å²) in [5.41, 5.74) is 5.05. The molecule has 0 atom stereocenters. The topological polar surface area (TPSA) is 137 Å². The molecule has 0 spiro atoms. The Balaban J connectivity index is 2.41. The number of ether oxygens (including phenoxy) is 1. The molecule has 21 heavy (non-hydrogen) atoms. The molecule has 3 N–H and O–H groups in total. The number of halogens is 1. The maximum absolute atomic E-state index is 11.1. The lowest BCUT2D eigenvalue weighted by Gasteiger charge is -2.06. The lowest BCUT2D eigenvalue weighted by molar-refractivity contribution is -0.386. The van der Waals surface area contributed by atoms with Crippen molar-refractivity contribution in [2.75, 3.05) is 0 Å². The zero-order valence-corrected chi connectivity index (χ0v) is 11.9. The van der Waals surface area contributed by atoms with Crippen molar-refractivity contribution in [3.8, 4) is 11.6 Å². The largest absolute Gasteiger partial charge is 0.432 e. The zero-order chi connectivity index (χ0) is 15.4. The molecule has 2 aromatic heterocycles. The lowest BCUT2D eigenvalue weighted by Crippen LogP contribution is -2.14. The molecule has 0 radical (unpaired) electrons. The highest BCUT2D eigenvalue weighted by atomic mass is 79.9. The molecular formula is C11H8BrN5O4. The van der Waals surface area contributed by atoms with E-state index in [1.54, 1.807) is 6.07 Å². The number of hydrogen-bond acceptors (Lipinski definition) is 7. The van der Waals surface area contributed by atoms with Gasteiger partial charge in [0.2, 0.25) is 0 Å². The number of oxime groups is 1. The van der Waals surface area contributed by atoms with E-state index in [-0.39, 0.29) is 23.0 Å². The van der Waals surface area contributed by atoms with E-state index in [9.17, 15) is 10.1 Å². The summed E-state index contributed by atoms with van der Waals surface area (Å²) in [6, 6.07) is 2.68. The van der Waals surface area contributed by atoms with E-state index in [0.717, 1.165) is 6.07 Å². The molecule has 0 aromatic carbocycles. The van der Waals surface area contributed by atoms with Crippen LogP contribution in [0.2, 0.25) is 0 Å². The number of nitrogens with two attached hydrogens (primary N) is 1. The van der Waals surface area contributed by atoms with Gasteiger partial charge in [0.15, 0.2) is 5.84 Å². The first-order valence-electron chi connectivity index (χ1n) is 5.42. The Kier molecular flexibility index (Phi) is 4.28. The summed E-state index contributed by atoms with van der Waals surface area (Å²) in [6.45, 7) is 0. The van der Waals surface area contributed by atoms with Crippen molar-refractivity contribution in [3.63, 3.8) is 0 Å². The lowest BCUT2D eigenvalue weighted by atomic mass is 10.2. The summed E-state index contributed by atoms with van der Waals surface area (Å²) >= 11 is 3.21. The molecule has 0 unspecified atom stereocenters. The third-order valence-corrected chi connectivity index (χ3v) is 2.76. The summed E-state index contributed by atoms with van der Waals surface area (Å²) in [6.07, 6.45) is 4.12. The van der Waals surface area contributed by atoms with E-state index in [0.29, 0.717) is 4.47 Å². The van der Waals surface area contributed by atoms with Crippen LogP contribution in [0, 0.1) is 10.1 Å². The van der Waals surface area contributed by atoms with Crippen LogP contribution in [0.15, 0.2) is 40.4 Å². The van der Waals surface area contributed by atoms with Gasteiger partial charge < -0.3 is 15.7 Å². The predicted octanol–water partition coefficient (Wildman–Crippen LogP) is 2.03. The molecule has 2 heterocycles. The smallest absolute Gasteiger partial charge is 0.332 e. The second-order valence-corrected chi connectivity index (χ2v) is 4.65. The molecule has 0 fully saturated rings. The quantitative estimate of drug-likeness (QED) is 0.282. The molecule has 2 rings (SSSR count). The number of pyridine rings is 2. The molecule has 108 valence electrons. The molecule has 9 nitrogen and oxygen atoms in total. The maximum Gasteiger partial charge on any atom is 0.332 e. The van der Waals surface area contributed by atoms with Gasteiger partial charge >= 0.3 is 5.69 Å². The first-order valence-corrected chi connectivity index (χ1v) is 6.21. The number of amidine groups is 1. The molecule has 0 saturated carbocycles. The van der Waals surface area contributed by atoms with Gasteiger partial charge in [-0.15, -0.1) is 0 Å². The maximum atomic E-state index is 11.1. The Morgan fingerprint density at radius 2 is 2.19 bits per heavy atom.